The highest BCUT2D eigenvalue weighted by Gasteiger charge is 2.54. The minimum atomic E-state index is -0.225. The summed E-state index contributed by atoms with van der Waals surface area (Å²) < 4.78 is 9.64. The SMILES string of the molecule is COC(=O)[C@@H]1O[C@H]1C1CC1. The van der Waals surface area contributed by atoms with E-state index in [0.29, 0.717) is 5.92 Å². The molecule has 56 valence electrons. The Morgan fingerprint density at radius 3 is 2.80 bits per heavy atom. The van der Waals surface area contributed by atoms with Crippen LogP contribution in [0.5, 0.6) is 0 Å². The fourth-order valence-corrected chi connectivity index (χ4v) is 1.21. The second kappa shape index (κ2) is 1.95. The van der Waals surface area contributed by atoms with Crippen LogP contribution in [-0.4, -0.2) is 25.3 Å². The minimum Gasteiger partial charge on any atom is -0.467 e. The topological polar surface area (TPSA) is 38.8 Å². The van der Waals surface area contributed by atoms with Gasteiger partial charge in [0.2, 0.25) is 0 Å². The molecule has 2 atom stereocenters. The zero-order chi connectivity index (χ0) is 7.14. The molecule has 0 amide bonds. The molecular weight excluding hydrogens is 132 g/mol. The molecule has 3 heteroatoms. The Hall–Kier alpha value is -0.570. The lowest BCUT2D eigenvalue weighted by atomic mass is 10.2. The van der Waals surface area contributed by atoms with Crippen LogP contribution in [0.1, 0.15) is 12.8 Å². The molecular formula is C7H10O3. The number of rotatable bonds is 2. The van der Waals surface area contributed by atoms with Gasteiger partial charge in [0.15, 0.2) is 6.10 Å². The Balaban J connectivity index is 1.82. The molecule has 2 rings (SSSR count). The van der Waals surface area contributed by atoms with E-state index in [2.05, 4.69) is 4.74 Å². The highest BCUT2D eigenvalue weighted by molar-refractivity contribution is 5.78. The second-order valence-corrected chi connectivity index (χ2v) is 2.88. The first-order valence-electron chi connectivity index (χ1n) is 3.56. The molecule has 10 heavy (non-hydrogen) atoms. The molecule has 0 unspecified atom stereocenters. The standard InChI is InChI=1S/C7H10O3/c1-9-7(8)6-5(10-6)4-2-3-4/h4-6H,2-3H2,1H3/t5-,6+/m0/s1. The average Bonchev–Trinajstić information content (AvgIpc) is 2.74. The fraction of sp³-hybridized carbons (Fsp3) is 0.857. The van der Waals surface area contributed by atoms with Crippen LogP contribution >= 0.6 is 0 Å². The molecule has 2 fully saturated rings. The number of carbonyl (C=O) groups excluding carboxylic acids is 1. The first-order chi connectivity index (χ1) is 4.83. The second-order valence-electron chi connectivity index (χ2n) is 2.88. The molecule has 0 aromatic rings. The number of carbonyl (C=O) groups is 1. The van der Waals surface area contributed by atoms with Crippen LogP contribution in [0, 0.1) is 5.92 Å². The first kappa shape index (κ1) is 6.16. The van der Waals surface area contributed by atoms with Gasteiger partial charge in [-0.05, 0) is 18.8 Å². The molecule has 3 nitrogen and oxygen atoms in total. The number of epoxide rings is 1. The first-order valence-corrected chi connectivity index (χ1v) is 3.56. The molecule has 2 aliphatic rings. The summed E-state index contributed by atoms with van der Waals surface area (Å²) in [6.45, 7) is 0. The van der Waals surface area contributed by atoms with Gasteiger partial charge < -0.3 is 9.47 Å². The van der Waals surface area contributed by atoms with Crippen molar-refractivity contribution in [2.24, 2.45) is 5.92 Å². The van der Waals surface area contributed by atoms with E-state index in [1.165, 1.54) is 20.0 Å². The minimum absolute atomic E-state index is 0.201. The maximum Gasteiger partial charge on any atom is 0.337 e. The summed E-state index contributed by atoms with van der Waals surface area (Å²) in [6, 6.07) is 0. The smallest absolute Gasteiger partial charge is 0.337 e. The van der Waals surface area contributed by atoms with Crippen molar-refractivity contribution in [1.82, 2.24) is 0 Å². The van der Waals surface area contributed by atoms with Gasteiger partial charge in [-0.25, -0.2) is 4.79 Å². The van der Waals surface area contributed by atoms with Crippen LogP contribution in [0.2, 0.25) is 0 Å². The van der Waals surface area contributed by atoms with E-state index >= 15 is 0 Å². The van der Waals surface area contributed by atoms with Crippen LogP contribution in [0.4, 0.5) is 0 Å². The van der Waals surface area contributed by atoms with Gasteiger partial charge in [0.1, 0.15) is 0 Å². The highest BCUT2D eigenvalue weighted by atomic mass is 16.6. The summed E-state index contributed by atoms with van der Waals surface area (Å²) >= 11 is 0. The molecule has 1 aliphatic heterocycles. The van der Waals surface area contributed by atoms with Crippen molar-refractivity contribution in [3.63, 3.8) is 0 Å². The predicted octanol–water partition coefficient (Wildman–Crippen LogP) is 0.337. The molecule has 0 aromatic heterocycles. The quantitative estimate of drug-likeness (QED) is 0.412. The van der Waals surface area contributed by atoms with Gasteiger partial charge in [0, 0.05) is 0 Å². The monoisotopic (exact) mass is 142 g/mol. The van der Waals surface area contributed by atoms with Crippen molar-refractivity contribution in [2.45, 2.75) is 25.0 Å². The van der Waals surface area contributed by atoms with Crippen LogP contribution in [0.3, 0.4) is 0 Å². The van der Waals surface area contributed by atoms with Crippen LogP contribution in [-0.2, 0) is 14.3 Å². The van der Waals surface area contributed by atoms with Crippen molar-refractivity contribution in [1.29, 1.82) is 0 Å². The summed E-state index contributed by atoms with van der Waals surface area (Å²) in [5.74, 6) is 0.445. The zero-order valence-corrected chi connectivity index (χ0v) is 5.87. The largest absolute Gasteiger partial charge is 0.467 e. The summed E-state index contributed by atoms with van der Waals surface area (Å²) in [7, 11) is 1.40. The normalized spacial score (nSPS) is 37.3. The third-order valence-electron chi connectivity index (χ3n) is 2.05. The number of esters is 1. The molecule has 1 heterocycles. The Morgan fingerprint density at radius 1 is 1.60 bits per heavy atom. The van der Waals surface area contributed by atoms with Crippen molar-refractivity contribution in [3.8, 4) is 0 Å². The lowest BCUT2D eigenvalue weighted by Crippen LogP contribution is -2.12. The summed E-state index contributed by atoms with van der Waals surface area (Å²) in [5, 5.41) is 0. The maximum atomic E-state index is 10.8. The average molecular weight is 142 g/mol. The lowest BCUT2D eigenvalue weighted by Gasteiger charge is -1.90. The number of ether oxygens (including phenoxy) is 2. The predicted molar refractivity (Wildman–Crippen MR) is 33.4 cm³/mol. The summed E-state index contributed by atoms with van der Waals surface area (Å²) in [4.78, 5) is 10.8. The molecule has 0 radical (unpaired) electrons. The van der Waals surface area contributed by atoms with Crippen molar-refractivity contribution in [3.05, 3.63) is 0 Å². The number of hydrogen-bond donors (Lipinski definition) is 0. The van der Waals surface area contributed by atoms with Crippen molar-refractivity contribution in [2.75, 3.05) is 7.11 Å². The highest BCUT2D eigenvalue weighted by Crippen LogP contribution is 2.44. The van der Waals surface area contributed by atoms with E-state index in [-0.39, 0.29) is 18.2 Å². The van der Waals surface area contributed by atoms with Crippen LogP contribution in [0.25, 0.3) is 0 Å². The molecule has 1 saturated heterocycles. The van der Waals surface area contributed by atoms with E-state index in [9.17, 15) is 4.79 Å². The van der Waals surface area contributed by atoms with Gasteiger partial charge in [0.05, 0.1) is 13.2 Å². The third-order valence-corrected chi connectivity index (χ3v) is 2.05. The van der Waals surface area contributed by atoms with Crippen molar-refractivity contribution >= 4 is 5.97 Å². The summed E-state index contributed by atoms with van der Waals surface area (Å²) in [6.07, 6.45) is 2.42. The van der Waals surface area contributed by atoms with E-state index in [1.54, 1.807) is 0 Å². The molecule has 1 aliphatic carbocycles. The van der Waals surface area contributed by atoms with Gasteiger partial charge >= 0.3 is 5.97 Å². The Kier molecular flexibility index (Phi) is 1.20. The molecule has 1 saturated carbocycles. The fourth-order valence-electron chi connectivity index (χ4n) is 1.21. The third kappa shape index (κ3) is 0.904. The van der Waals surface area contributed by atoms with E-state index in [4.69, 9.17) is 4.74 Å². The van der Waals surface area contributed by atoms with Gasteiger partial charge in [-0.3, -0.25) is 0 Å². The van der Waals surface area contributed by atoms with E-state index in [0.717, 1.165) is 0 Å². The number of methoxy groups -OCH3 is 1. The Bertz CT molecular complexity index is 162. The van der Waals surface area contributed by atoms with Gasteiger partial charge in [-0.1, -0.05) is 0 Å². The summed E-state index contributed by atoms with van der Waals surface area (Å²) in [5.41, 5.74) is 0. The van der Waals surface area contributed by atoms with Gasteiger partial charge in [-0.15, -0.1) is 0 Å². The number of hydrogen-bond acceptors (Lipinski definition) is 3. The molecule has 0 N–H and O–H groups in total. The maximum absolute atomic E-state index is 10.8. The van der Waals surface area contributed by atoms with Crippen LogP contribution in [0.15, 0.2) is 0 Å². The molecule has 0 aromatic carbocycles. The zero-order valence-electron chi connectivity index (χ0n) is 5.87. The molecule has 0 spiro atoms. The Morgan fingerprint density at radius 2 is 2.30 bits per heavy atom. The van der Waals surface area contributed by atoms with Gasteiger partial charge in [0.25, 0.3) is 0 Å². The van der Waals surface area contributed by atoms with Gasteiger partial charge in [-0.2, -0.15) is 0 Å². The van der Waals surface area contributed by atoms with Crippen molar-refractivity contribution < 1.29 is 14.3 Å². The molecule has 0 bridgehead atoms. The lowest BCUT2D eigenvalue weighted by molar-refractivity contribution is -0.142. The van der Waals surface area contributed by atoms with E-state index < -0.39 is 0 Å². The van der Waals surface area contributed by atoms with Crippen LogP contribution < -0.4 is 0 Å². The Labute approximate surface area is 59.3 Å². The van der Waals surface area contributed by atoms with E-state index in [1.807, 2.05) is 0 Å².